The molecule has 2 atom stereocenters. The van der Waals surface area contributed by atoms with E-state index in [1.807, 2.05) is 25.1 Å². The molecule has 0 N–H and O–H groups in total. The zero-order chi connectivity index (χ0) is 19.7. The molecule has 3 heterocycles. The highest BCUT2D eigenvalue weighted by atomic mass is 32.2. The van der Waals surface area contributed by atoms with E-state index in [0.717, 1.165) is 32.1 Å². The molecule has 28 heavy (non-hydrogen) atoms. The maximum absolute atomic E-state index is 13.1. The fraction of sp³-hybridized carbons (Fsp3) is 0.450. The summed E-state index contributed by atoms with van der Waals surface area (Å²) in [4.78, 5) is 9.16. The van der Waals surface area contributed by atoms with E-state index >= 15 is 0 Å². The number of para-hydroxylation sites is 1. The number of pyridine rings is 1. The van der Waals surface area contributed by atoms with Gasteiger partial charge in [-0.05, 0) is 38.2 Å². The van der Waals surface area contributed by atoms with Crippen molar-refractivity contribution in [3.63, 3.8) is 0 Å². The summed E-state index contributed by atoms with van der Waals surface area (Å²) in [5.74, 6) is 0.785. The molecule has 0 radical (unpaired) electrons. The quantitative estimate of drug-likeness (QED) is 0.760. The molecule has 2 aromatic rings. The molecular formula is C20H26N4O3S. The summed E-state index contributed by atoms with van der Waals surface area (Å²) in [6, 6.07) is 12.9. The molecule has 2 aliphatic heterocycles. The molecule has 2 aliphatic rings. The zero-order valence-electron chi connectivity index (χ0n) is 16.2. The summed E-state index contributed by atoms with van der Waals surface area (Å²) >= 11 is 0. The molecule has 0 spiro atoms. The molecular weight excluding hydrogens is 376 g/mol. The molecule has 1 aromatic heterocycles. The van der Waals surface area contributed by atoms with Gasteiger partial charge in [0.05, 0.1) is 24.4 Å². The van der Waals surface area contributed by atoms with Gasteiger partial charge < -0.3 is 9.64 Å². The number of ether oxygens (including phenoxy) is 1. The number of sulfonamides is 1. The minimum atomic E-state index is -3.65. The lowest BCUT2D eigenvalue weighted by atomic mass is 10.1. The Bertz CT molecular complexity index is 905. The third-order valence-corrected chi connectivity index (χ3v) is 7.43. The van der Waals surface area contributed by atoms with Gasteiger partial charge in [0.2, 0.25) is 0 Å². The molecule has 0 aliphatic carbocycles. The number of anilines is 2. The van der Waals surface area contributed by atoms with Gasteiger partial charge in [-0.1, -0.05) is 18.2 Å². The largest absolute Gasteiger partial charge is 0.373 e. The molecule has 150 valence electrons. The summed E-state index contributed by atoms with van der Waals surface area (Å²) in [7, 11) is -1.53. The first-order chi connectivity index (χ1) is 13.5. The Balaban J connectivity index is 1.54. The highest BCUT2D eigenvalue weighted by molar-refractivity contribution is 7.92. The van der Waals surface area contributed by atoms with Crippen LogP contribution in [0.5, 0.6) is 0 Å². The summed E-state index contributed by atoms with van der Waals surface area (Å²) in [5, 5.41) is 0. The number of hydrogen-bond donors (Lipinski definition) is 0. The van der Waals surface area contributed by atoms with E-state index in [-0.39, 0.29) is 11.0 Å². The number of morpholine rings is 1. The van der Waals surface area contributed by atoms with E-state index in [4.69, 9.17) is 4.74 Å². The topological polar surface area (TPSA) is 66.0 Å². The second kappa shape index (κ2) is 7.69. The van der Waals surface area contributed by atoms with Crippen molar-refractivity contribution in [1.29, 1.82) is 0 Å². The Morgan fingerprint density at radius 1 is 1.18 bits per heavy atom. The molecule has 0 amide bonds. The fourth-order valence-corrected chi connectivity index (χ4v) is 5.39. The van der Waals surface area contributed by atoms with Gasteiger partial charge in [-0.25, -0.2) is 13.4 Å². The maximum atomic E-state index is 13.1. The maximum Gasteiger partial charge on any atom is 0.265 e. The Morgan fingerprint density at radius 3 is 2.61 bits per heavy atom. The van der Waals surface area contributed by atoms with Crippen LogP contribution in [-0.4, -0.2) is 70.3 Å². The van der Waals surface area contributed by atoms with Gasteiger partial charge in [0.1, 0.15) is 10.7 Å². The van der Waals surface area contributed by atoms with E-state index < -0.39 is 10.0 Å². The van der Waals surface area contributed by atoms with Gasteiger partial charge in [-0.2, -0.15) is 0 Å². The van der Waals surface area contributed by atoms with Crippen LogP contribution in [0.4, 0.5) is 11.5 Å². The standard InChI is InChI=1S/C20H26N4O3S/c1-3-24(16-7-5-4-6-8-16)28(25,26)17-9-10-20(21-13-17)23-14-18-19(15-23)27-12-11-22(18)2/h4-10,13,18-19H,3,11-12,14-15H2,1-2H3. The number of fused-ring (bicyclic) bond motifs is 1. The average molecular weight is 403 g/mol. The fourth-order valence-electron chi connectivity index (χ4n) is 3.97. The Kier molecular flexibility index (Phi) is 5.27. The Hall–Kier alpha value is -2.16. The second-order valence-corrected chi connectivity index (χ2v) is 9.08. The van der Waals surface area contributed by atoms with E-state index in [9.17, 15) is 8.42 Å². The van der Waals surface area contributed by atoms with Crippen molar-refractivity contribution >= 4 is 21.5 Å². The zero-order valence-corrected chi connectivity index (χ0v) is 17.0. The van der Waals surface area contributed by atoms with Crippen molar-refractivity contribution in [1.82, 2.24) is 9.88 Å². The van der Waals surface area contributed by atoms with Gasteiger partial charge in [0, 0.05) is 32.4 Å². The van der Waals surface area contributed by atoms with Crippen molar-refractivity contribution in [2.45, 2.75) is 24.0 Å². The smallest absolute Gasteiger partial charge is 0.265 e. The van der Waals surface area contributed by atoms with Gasteiger partial charge in [-0.3, -0.25) is 9.21 Å². The minimum Gasteiger partial charge on any atom is -0.373 e. The van der Waals surface area contributed by atoms with Crippen LogP contribution in [0.25, 0.3) is 0 Å². The van der Waals surface area contributed by atoms with Gasteiger partial charge in [-0.15, -0.1) is 0 Å². The first kappa shape index (κ1) is 19.2. The summed E-state index contributed by atoms with van der Waals surface area (Å²) in [6.45, 7) is 5.49. The number of rotatable bonds is 5. The molecule has 0 bridgehead atoms. The number of hydrogen-bond acceptors (Lipinski definition) is 6. The molecule has 4 rings (SSSR count). The van der Waals surface area contributed by atoms with Gasteiger partial charge in [0.15, 0.2) is 0 Å². The SMILES string of the molecule is CCN(c1ccccc1)S(=O)(=O)c1ccc(N2CC3OCCN(C)C3C2)nc1. The second-order valence-electron chi connectivity index (χ2n) is 7.22. The lowest BCUT2D eigenvalue weighted by molar-refractivity contribution is -0.0362. The lowest BCUT2D eigenvalue weighted by Crippen LogP contribution is -2.48. The number of likely N-dealkylation sites (N-methyl/N-ethyl adjacent to an activating group) is 1. The minimum absolute atomic E-state index is 0.178. The lowest BCUT2D eigenvalue weighted by Gasteiger charge is -2.33. The van der Waals surface area contributed by atoms with Crippen LogP contribution in [0, 0.1) is 0 Å². The van der Waals surface area contributed by atoms with Crippen molar-refractivity contribution in [3.05, 3.63) is 48.7 Å². The molecule has 2 unspecified atom stereocenters. The predicted molar refractivity (Wildman–Crippen MR) is 109 cm³/mol. The highest BCUT2D eigenvalue weighted by Gasteiger charge is 2.39. The third kappa shape index (κ3) is 3.47. The van der Waals surface area contributed by atoms with E-state index in [1.54, 1.807) is 24.3 Å². The molecule has 7 nitrogen and oxygen atoms in total. The number of benzene rings is 1. The van der Waals surface area contributed by atoms with E-state index in [2.05, 4.69) is 21.8 Å². The predicted octanol–water partition coefficient (Wildman–Crippen LogP) is 1.82. The molecule has 1 aromatic carbocycles. The van der Waals surface area contributed by atoms with Crippen LogP contribution >= 0.6 is 0 Å². The van der Waals surface area contributed by atoms with E-state index in [1.165, 1.54) is 10.5 Å². The number of aromatic nitrogens is 1. The average Bonchev–Trinajstić information content (AvgIpc) is 3.15. The van der Waals surface area contributed by atoms with Crippen LogP contribution < -0.4 is 9.21 Å². The van der Waals surface area contributed by atoms with Crippen LogP contribution in [0.3, 0.4) is 0 Å². The van der Waals surface area contributed by atoms with Crippen molar-refractivity contribution in [2.24, 2.45) is 0 Å². The normalized spacial score (nSPS) is 22.9. The van der Waals surface area contributed by atoms with Gasteiger partial charge in [0.25, 0.3) is 10.0 Å². The monoisotopic (exact) mass is 402 g/mol. The molecule has 0 saturated carbocycles. The van der Waals surface area contributed by atoms with Crippen LogP contribution in [0.1, 0.15) is 6.92 Å². The van der Waals surface area contributed by atoms with Crippen LogP contribution in [0.15, 0.2) is 53.6 Å². The summed E-state index contributed by atoms with van der Waals surface area (Å²) in [6.07, 6.45) is 1.64. The molecule has 2 fully saturated rings. The van der Waals surface area contributed by atoms with Gasteiger partial charge >= 0.3 is 0 Å². The van der Waals surface area contributed by atoms with Crippen molar-refractivity contribution < 1.29 is 13.2 Å². The Labute approximate surface area is 166 Å². The van der Waals surface area contributed by atoms with Crippen LogP contribution in [-0.2, 0) is 14.8 Å². The summed E-state index contributed by atoms with van der Waals surface area (Å²) < 4.78 is 33.5. The van der Waals surface area contributed by atoms with Crippen molar-refractivity contribution in [2.75, 3.05) is 49.0 Å². The van der Waals surface area contributed by atoms with Crippen molar-refractivity contribution in [3.8, 4) is 0 Å². The third-order valence-electron chi connectivity index (χ3n) is 5.54. The van der Waals surface area contributed by atoms with E-state index in [0.29, 0.717) is 18.3 Å². The molecule has 8 heteroatoms. The highest BCUT2D eigenvalue weighted by Crippen LogP contribution is 2.27. The summed E-state index contributed by atoms with van der Waals surface area (Å²) in [5.41, 5.74) is 0.651. The first-order valence-corrected chi connectivity index (χ1v) is 11.1. The number of nitrogens with zero attached hydrogens (tertiary/aromatic N) is 4. The Morgan fingerprint density at radius 2 is 1.96 bits per heavy atom. The van der Waals surface area contributed by atoms with Crippen LogP contribution in [0.2, 0.25) is 0 Å². The molecule has 2 saturated heterocycles. The first-order valence-electron chi connectivity index (χ1n) is 9.61.